The van der Waals surface area contributed by atoms with Crippen LogP contribution in [0.15, 0.2) is 60.7 Å². The summed E-state index contributed by atoms with van der Waals surface area (Å²) in [6, 6.07) is 12.3. The van der Waals surface area contributed by atoms with Crippen LogP contribution in [0.5, 0.6) is 23.0 Å². The molecule has 3 aliphatic heterocycles. The second-order valence-electron chi connectivity index (χ2n) is 9.61. The van der Waals surface area contributed by atoms with Crippen molar-refractivity contribution in [1.82, 2.24) is 0 Å². The molecule has 0 fully saturated rings. The number of nitrogens with zero attached hydrogens (tertiary/aromatic N) is 2. The van der Waals surface area contributed by atoms with E-state index in [9.17, 15) is 0 Å². The summed E-state index contributed by atoms with van der Waals surface area (Å²) in [5.41, 5.74) is 1.98. The first-order valence-electron chi connectivity index (χ1n) is 13.9. The minimum absolute atomic E-state index is 0.674. The van der Waals surface area contributed by atoms with Crippen LogP contribution in [-0.2, 0) is 0 Å². The Balaban J connectivity index is 1.57. The molecule has 196 valence electrons. The summed E-state index contributed by atoms with van der Waals surface area (Å²) >= 11 is 0. The highest BCUT2D eigenvalue weighted by Gasteiger charge is 2.32. The molecule has 0 saturated carbocycles. The van der Waals surface area contributed by atoms with Crippen LogP contribution in [0.3, 0.4) is 0 Å². The van der Waals surface area contributed by atoms with Crippen molar-refractivity contribution in [3.05, 3.63) is 60.7 Å². The number of benzene rings is 2. The molecule has 0 unspecified atom stereocenters. The molecule has 0 atom stereocenters. The zero-order chi connectivity index (χ0) is 25.1. The van der Waals surface area contributed by atoms with Crippen LogP contribution in [0.2, 0.25) is 0 Å². The van der Waals surface area contributed by atoms with Gasteiger partial charge in [-0.3, -0.25) is 0 Å². The van der Waals surface area contributed by atoms with E-state index in [0.29, 0.717) is 26.4 Å². The minimum Gasteiger partial charge on any atom is -0.489 e. The average molecular weight is 504 g/mol. The molecule has 6 heteroatoms. The second kappa shape index (κ2) is 13.2. The Kier molecular flexibility index (Phi) is 9.02. The van der Waals surface area contributed by atoms with Crippen LogP contribution in [0, 0.1) is 0 Å². The molecule has 0 aromatic heterocycles. The Morgan fingerprint density at radius 1 is 0.568 bits per heavy atom. The zero-order valence-corrected chi connectivity index (χ0v) is 21.8. The predicted octanol–water partition coefficient (Wildman–Crippen LogP) is 6.65. The van der Waals surface area contributed by atoms with Crippen molar-refractivity contribution in [2.45, 2.75) is 51.4 Å². The number of hydrogen-bond donors (Lipinski definition) is 0. The molecular formula is C31H39N2O4+. The summed E-state index contributed by atoms with van der Waals surface area (Å²) in [6.07, 6.45) is 19.1. The Morgan fingerprint density at radius 2 is 1.00 bits per heavy atom. The molecule has 0 spiro atoms. The van der Waals surface area contributed by atoms with Crippen LogP contribution in [0.1, 0.15) is 51.4 Å². The topological polar surface area (TPSA) is 43.2 Å². The SMILES string of the molecule is C1=[N+]2CCN1c1c3cccc1OCCC/C=C/CCCOc1cccc(c12)OCCC/C=C/CCCO3. The van der Waals surface area contributed by atoms with E-state index in [1.807, 2.05) is 12.1 Å². The smallest absolute Gasteiger partial charge is 0.245 e. The van der Waals surface area contributed by atoms with Crippen molar-refractivity contribution in [3.8, 4) is 23.0 Å². The zero-order valence-electron chi connectivity index (χ0n) is 21.8. The van der Waals surface area contributed by atoms with Crippen LogP contribution in [0.4, 0.5) is 11.4 Å². The van der Waals surface area contributed by atoms with Gasteiger partial charge in [-0.15, -0.1) is 0 Å². The number of ether oxygens (including phenoxy) is 4. The summed E-state index contributed by atoms with van der Waals surface area (Å²) < 4.78 is 27.6. The third-order valence-corrected chi connectivity index (χ3v) is 6.78. The molecule has 37 heavy (non-hydrogen) atoms. The summed E-state index contributed by atoms with van der Waals surface area (Å²) in [5.74, 6) is 3.45. The van der Waals surface area contributed by atoms with Crippen LogP contribution in [0.25, 0.3) is 0 Å². The van der Waals surface area contributed by atoms with Gasteiger partial charge in [-0.1, -0.05) is 36.4 Å². The van der Waals surface area contributed by atoms with Crippen LogP contribution < -0.4 is 23.8 Å². The third kappa shape index (κ3) is 6.68. The van der Waals surface area contributed by atoms with Crippen molar-refractivity contribution < 1.29 is 23.5 Å². The Hall–Kier alpha value is -3.41. The fourth-order valence-corrected chi connectivity index (χ4v) is 4.88. The van der Waals surface area contributed by atoms with Crippen molar-refractivity contribution in [3.63, 3.8) is 0 Å². The summed E-state index contributed by atoms with van der Waals surface area (Å²) in [5, 5.41) is 0. The Labute approximate surface area is 220 Å². The fraction of sp³-hybridized carbons (Fsp3) is 0.452. The first kappa shape index (κ1) is 25.2. The van der Waals surface area contributed by atoms with Gasteiger partial charge in [-0.05, 0) is 75.6 Å². The molecule has 6 nitrogen and oxygen atoms in total. The molecule has 3 heterocycles. The minimum atomic E-state index is 0.674. The van der Waals surface area contributed by atoms with E-state index in [-0.39, 0.29) is 0 Å². The van der Waals surface area contributed by atoms with Crippen molar-refractivity contribution in [1.29, 1.82) is 0 Å². The number of anilines is 1. The molecular weight excluding hydrogens is 464 g/mol. The number of allylic oxidation sites excluding steroid dienone is 4. The lowest BCUT2D eigenvalue weighted by molar-refractivity contribution is -0.425. The van der Waals surface area contributed by atoms with E-state index >= 15 is 0 Å². The van der Waals surface area contributed by atoms with E-state index in [1.54, 1.807) is 0 Å². The van der Waals surface area contributed by atoms with Crippen molar-refractivity contribution >= 4 is 17.7 Å². The third-order valence-electron chi connectivity index (χ3n) is 6.78. The van der Waals surface area contributed by atoms with Gasteiger partial charge in [0.1, 0.15) is 13.1 Å². The summed E-state index contributed by atoms with van der Waals surface area (Å²) in [7, 11) is 0. The summed E-state index contributed by atoms with van der Waals surface area (Å²) in [4.78, 5) is 2.25. The van der Waals surface area contributed by atoms with Crippen molar-refractivity contribution in [2.75, 3.05) is 44.4 Å². The second-order valence-corrected chi connectivity index (χ2v) is 9.61. The molecule has 0 radical (unpaired) electrons. The first-order valence-corrected chi connectivity index (χ1v) is 13.9. The van der Waals surface area contributed by atoms with Crippen molar-refractivity contribution in [2.24, 2.45) is 0 Å². The predicted molar refractivity (Wildman–Crippen MR) is 148 cm³/mol. The van der Waals surface area contributed by atoms with E-state index in [1.165, 1.54) is 0 Å². The van der Waals surface area contributed by atoms with Gasteiger partial charge in [0.2, 0.25) is 17.7 Å². The van der Waals surface area contributed by atoms with Crippen LogP contribution in [-0.4, -0.2) is 50.4 Å². The average Bonchev–Trinajstić information content (AvgIpc) is 3.39. The van der Waals surface area contributed by atoms with E-state index in [2.05, 4.69) is 64.4 Å². The van der Waals surface area contributed by atoms with E-state index < -0.39 is 0 Å². The monoisotopic (exact) mass is 503 g/mol. The normalized spacial score (nSPS) is 20.9. The van der Waals surface area contributed by atoms with Gasteiger partial charge in [-0.25, -0.2) is 9.48 Å². The maximum Gasteiger partial charge on any atom is 0.245 e. The van der Waals surface area contributed by atoms with Gasteiger partial charge in [0.05, 0.1) is 26.4 Å². The quantitative estimate of drug-likeness (QED) is 0.297. The number of hydrogen-bond acceptors (Lipinski definition) is 5. The summed E-state index contributed by atoms with van der Waals surface area (Å²) in [6.45, 7) is 4.33. The van der Waals surface area contributed by atoms with Gasteiger partial charge in [0.15, 0.2) is 23.0 Å². The Morgan fingerprint density at radius 3 is 1.49 bits per heavy atom. The standard InChI is InChI=1S/C31H39N2O4/c1-2-6-10-22-35-27-16-14-18-29-31(27)33-20-19-32(25-33)30-26(34-21-9-5-1)15-13-17-28(30)36-23-11-7-3-4-8-12-24-37-29/h1-4,13-18,25H,5-12,19-24H2/q+1/b2-1+,4-3+. The number of para-hydroxylation sites is 2. The van der Waals surface area contributed by atoms with E-state index in [4.69, 9.17) is 18.9 Å². The maximum atomic E-state index is 6.33. The highest BCUT2D eigenvalue weighted by Crippen LogP contribution is 2.42. The van der Waals surface area contributed by atoms with Gasteiger partial charge in [0, 0.05) is 0 Å². The van der Waals surface area contributed by atoms with Gasteiger partial charge >= 0.3 is 0 Å². The number of rotatable bonds is 0. The Bertz CT molecular complexity index is 1060. The highest BCUT2D eigenvalue weighted by molar-refractivity contribution is 5.85. The van der Waals surface area contributed by atoms with E-state index in [0.717, 1.165) is 98.8 Å². The molecule has 2 aromatic carbocycles. The molecule has 5 rings (SSSR count). The largest absolute Gasteiger partial charge is 0.489 e. The first-order chi connectivity index (χ1) is 18.4. The molecule has 0 amide bonds. The van der Waals surface area contributed by atoms with Gasteiger partial charge in [0.25, 0.3) is 0 Å². The lowest BCUT2D eigenvalue weighted by Gasteiger charge is -2.17. The maximum absolute atomic E-state index is 6.33. The molecule has 2 aromatic rings. The van der Waals surface area contributed by atoms with Crippen LogP contribution >= 0.6 is 0 Å². The molecule has 4 bridgehead atoms. The lowest BCUT2D eigenvalue weighted by Crippen LogP contribution is -2.20. The molecule has 0 N–H and O–H groups in total. The molecule has 0 saturated heterocycles. The molecule has 3 aliphatic rings. The highest BCUT2D eigenvalue weighted by atomic mass is 16.5. The lowest BCUT2D eigenvalue weighted by atomic mass is 10.2. The molecule has 0 aliphatic carbocycles. The van der Waals surface area contributed by atoms with Gasteiger partial charge < -0.3 is 18.9 Å². The fourth-order valence-electron chi connectivity index (χ4n) is 4.88. The van der Waals surface area contributed by atoms with Gasteiger partial charge in [-0.2, -0.15) is 0 Å².